The molecular weight excluding hydrogens is 681 g/mol. The average molecular weight is 706 g/mol. The maximum absolute atomic E-state index is 13.4. The first-order valence-corrected chi connectivity index (χ1v) is 15.9. The van der Waals surface area contributed by atoms with Crippen molar-refractivity contribution < 1.29 is 49.1 Å². The van der Waals surface area contributed by atoms with Gasteiger partial charge in [0.25, 0.3) is 11.8 Å². The molecule has 1 saturated heterocycles. The second-order valence-electron chi connectivity index (χ2n) is 9.75. The Morgan fingerprint density at radius 1 is 1.17 bits per heavy atom. The van der Waals surface area contributed by atoms with Crippen molar-refractivity contribution >= 4 is 81.1 Å². The number of phenolic OH excluding ortho intramolecular Hbond substituents is 2. The number of rotatable bonds is 11. The monoisotopic (exact) mass is 705 g/mol. The molecule has 3 atom stereocenters. The Bertz CT molecular complexity index is 1870. The molecule has 47 heavy (non-hydrogen) atoms. The number of β-lactam (4-membered cyclic amide) rings is 1. The minimum atomic E-state index is -1.83. The van der Waals surface area contributed by atoms with Crippen LogP contribution in [0.5, 0.6) is 11.5 Å². The number of phenols is 2. The van der Waals surface area contributed by atoms with Crippen LogP contribution < -0.4 is 33.0 Å². The van der Waals surface area contributed by atoms with E-state index in [2.05, 4.69) is 20.4 Å². The molecule has 2 aliphatic heterocycles. The van der Waals surface area contributed by atoms with E-state index in [1.54, 1.807) is 0 Å². The Hall–Kier alpha value is -5.48. The van der Waals surface area contributed by atoms with E-state index in [1.165, 1.54) is 29.3 Å². The molecule has 2 aromatic heterocycles. The van der Waals surface area contributed by atoms with Gasteiger partial charge >= 0.3 is 17.1 Å². The molecule has 13 N–H and O–H groups in total. The van der Waals surface area contributed by atoms with Gasteiger partial charge in [-0.15, -0.1) is 27.8 Å². The highest BCUT2D eigenvalue weighted by atomic mass is 32.2. The molecule has 0 spiro atoms. The summed E-state index contributed by atoms with van der Waals surface area (Å²) >= 11 is 3.21. The number of nitrogen functional groups attached to an aromatic ring is 4. The maximum atomic E-state index is 13.4. The molecule has 1 aromatic carbocycles. The Morgan fingerprint density at radius 3 is 2.55 bits per heavy atom. The van der Waals surface area contributed by atoms with E-state index in [-0.39, 0.29) is 50.4 Å². The number of nitrogens with two attached hydrogens (primary N) is 4. The number of amides is 2. The van der Waals surface area contributed by atoms with Crippen molar-refractivity contribution in [3.8, 4) is 11.5 Å². The number of anilines is 3. The topological polar surface area (TPSA) is 320 Å². The summed E-state index contributed by atoms with van der Waals surface area (Å²) in [4.78, 5) is 65.3. The van der Waals surface area contributed by atoms with Gasteiger partial charge in [-0.3, -0.25) is 20.3 Å². The standard InChI is InChI=1S/C25H24N10O9S3/c26-13-4-14(27)35(29)25(31-13)47-6-9-5-45-21-16(20(39)34(21)17(9)22(40)41)32-19(38)15(10-7-46-24(28)30-10)33-44-18(23(42)43)8-1-2-11(36)12(37)3-8/h1-4,7,16,18,21H,5-6,29H2,(H10,26,27,28,30,32,33,36,37,38,40,41,42,43)/p+1/t16?,18?,21-/m1/s1. The van der Waals surface area contributed by atoms with E-state index in [1.807, 2.05) is 0 Å². The quantitative estimate of drug-likeness (QED) is 0.0165. The molecule has 22 heteroatoms. The minimum Gasteiger partial charge on any atom is -0.504 e. The number of carboxylic acids is 2. The van der Waals surface area contributed by atoms with Gasteiger partial charge in [-0.25, -0.2) is 14.6 Å². The molecule has 1 fully saturated rings. The first-order chi connectivity index (χ1) is 22.3. The number of carboxylic acid groups (broad SMARTS) is 2. The number of aromatic nitrogens is 3. The van der Waals surface area contributed by atoms with Gasteiger partial charge in [0.2, 0.25) is 17.7 Å². The summed E-state index contributed by atoms with van der Waals surface area (Å²) in [5, 5.41) is 46.1. The predicted octanol–water partition coefficient (Wildman–Crippen LogP) is -1.23. The van der Waals surface area contributed by atoms with Gasteiger partial charge in [0.15, 0.2) is 22.3 Å². The Labute approximate surface area is 275 Å². The molecule has 2 aliphatic rings. The van der Waals surface area contributed by atoms with E-state index < -0.39 is 58.5 Å². The number of thioether (sulfide) groups is 2. The van der Waals surface area contributed by atoms with Crippen LogP contribution in [0.15, 0.2) is 51.2 Å². The second kappa shape index (κ2) is 13.1. The van der Waals surface area contributed by atoms with Gasteiger partial charge in [0, 0.05) is 22.4 Å². The number of oxime groups is 1. The minimum absolute atomic E-state index is 0.0466. The third kappa shape index (κ3) is 6.59. The number of aliphatic carboxylic acids is 2. The third-order valence-electron chi connectivity index (χ3n) is 6.67. The van der Waals surface area contributed by atoms with Crippen LogP contribution in [0.1, 0.15) is 17.4 Å². The van der Waals surface area contributed by atoms with Gasteiger partial charge < -0.3 is 47.8 Å². The predicted molar refractivity (Wildman–Crippen MR) is 168 cm³/mol. The number of aromatic hydroxyl groups is 2. The largest absolute Gasteiger partial charge is 0.504 e. The van der Waals surface area contributed by atoms with Crippen molar-refractivity contribution in [1.29, 1.82) is 0 Å². The molecule has 2 unspecified atom stereocenters. The fourth-order valence-corrected chi connectivity index (χ4v) is 7.42. The maximum Gasteiger partial charge on any atom is 0.352 e. The molecule has 0 bridgehead atoms. The fraction of sp³-hybridized carbons (Fsp3) is 0.200. The van der Waals surface area contributed by atoms with E-state index in [0.717, 1.165) is 44.8 Å². The number of carbonyl (C=O) groups is 4. The molecule has 0 saturated carbocycles. The van der Waals surface area contributed by atoms with Crippen LogP contribution in [0.4, 0.5) is 16.8 Å². The highest BCUT2D eigenvalue weighted by molar-refractivity contribution is 8.01. The highest BCUT2D eigenvalue weighted by Crippen LogP contribution is 2.41. The molecule has 3 aromatic rings. The second-order valence-corrected chi connectivity index (χ2v) is 12.7. The zero-order chi connectivity index (χ0) is 34.2. The van der Waals surface area contributed by atoms with Crippen molar-refractivity contribution in [1.82, 2.24) is 20.2 Å². The summed E-state index contributed by atoms with van der Waals surface area (Å²) in [5.74, 6) is 0.658. The van der Waals surface area contributed by atoms with Crippen LogP contribution >= 0.6 is 34.9 Å². The number of benzene rings is 1. The van der Waals surface area contributed by atoms with Crippen molar-refractivity contribution in [2.75, 3.05) is 34.5 Å². The molecule has 4 heterocycles. The molecule has 0 aliphatic carbocycles. The molecule has 5 rings (SSSR count). The normalized spacial score (nSPS) is 18.3. The number of nitrogens with one attached hydrogen (secondary N) is 1. The van der Waals surface area contributed by atoms with Crippen LogP contribution in [0.2, 0.25) is 0 Å². The zero-order valence-corrected chi connectivity index (χ0v) is 26.1. The van der Waals surface area contributed by atoms with Crippen LogP contribution in [0, 0.1) is 0 Å². The lowest BCUT2D eigenvalue weighted by Gasteiger charge is -2.49. The van der Waals surface area contributed by atoms with Crippen LogP contribution in [-0.2, 0) is 24.0 Å². The Balaban J connectivity index is 1.36. The highest BCUT2D eigenvalue weighted by Gasteiger charge is 2.54. The van der Waals surface area contributed by atoms with Crippen molar-refractivity contribution in [3.63, 3.8) is 0 Å². The summed E-state index contributed by atoms with van der Waals surface area (Å²) in [7, 11) is 0. The molecule has 0 radical (unpaired) electrons. The van der Waals surface area contributed by atoms with Gasteiger partial charge in [-0.1, -0.05) is 16.2 Å². The summed E-state index contributed by atoms with van der Waals surface area (Å²) < 4.78 is 1.09. The molecule has 2 amide bonds. The van der Waals surface area contributed by atoms with Crippen molar-refractivity contribution in [3.05, 3.63) is 52.2 Å². The van der Waals surface area contributed by atoms with E-state index in [9.17, 15) is 39.6 Å². The fourth-order valence-electron chi connectivity index (χ4n) is 4.44. The average Bonchev–Trinajstić information content (AvgIpc) is 3.45. The third-order valence-corrected chi connectivity index (χ3v) is 9.72. The summed E-state index contributed by atoms with van der Waals surface area (Å²) in [6.45, 7) is 0. The number of fused-ring (bicyclic) bond motifs is 1. The molecule has 246 valence electrons. The smallest absolute Gasteiger partial charge is 0.352 e. The van der Waals surface area contributed by atoms with Crippen molar-refractivity contribution in [2.24, 2.45) is 5.16 Å². The van der Waals surface area contributed by atoms with Gasteiger partial charge in [0.05, 0.1) is 6.07 Å². The lowest BCUT2D eigenvalue weighted by Crippen LogP contribution is -2.71. The summed E-state index contributed by atoms with van der Waals surface area (Å²) in [6, 6.07) is 3.32. The molecule has 19 nitrogen and oxygen atoms in total. The number of carbonyl (C=O) groups excluding carboxylic acids is 2. The number of hydrogen-bond acceptors (Lipinski definition) is 17. The van der Waals surface area contributed by atoms with E-state index in [0.29, 0.717) is 5.57 Å². The lowest BCUT2D eigenvalue weighted by atomic mass is 10.0. The summed E-state index contributed by atoms with van der Waals surface area (Å²) in [6.07, 6.45) is -1.83. The SMILES string of the molecule is Nc1cc(N)[n+](N)c(SCC2=C(C(=O)O)N3C(=O)C(NC(=O)/C(=N\OC(C(=O)O)c4ccc(O)c(O)c4)c4csc(N)n4)[C@H]3SC2)n1. The molecular formula is C25H25N10O9S3+. The van der Waals surface area contributed by atoms with Crippen LogP contribution in [-0.4, -0.2) is 87.7 Å². The van der Waals surface area contributed by atoms with Gasteiger partial charge in [0.1, 0.15) is 22.8 Å². The van der Waals surface area contributed by atoms with Crippen molar-refractivity contribution in [2.45, 2.75) is 22.7 Å². The Kier molecular flexibility index (Phi) is 9.17. The first-order valence-electron chi connectivity index (χ1n) is 13.0. The van der Waals surface area contributed by atoms with E-state index in [4.69, 9.17) is 27.9 Å². The van der Waals surface area contributed by atoms with Crippen LogP contribution in [0.25, 0.3) is 0 Å². The number of hydrogen-bond donors (Lipinski definition) is 9. The first kappa shape index (κ1) is 32.9. The van der Waals surface area contributed by atoms with Crippen LogP contribution in [0.3, 0.4) is 0 Å². The lowest BCUT2D eigenvalue weighted by molar-refractivity contribution is -0.667. The summed E-state index contributed by atoms with van der Waals surface area (Å²) in [5.41, 5.74) is 16.6. The number of nitrogens with zero attached hydrogens (tertiary/aromatic N) is 5. The number of thiazole rings is 1. The van der Waals surface area contributed by atoms with Gasteiger partial charge in [-0.2, -0.15) is 0 Å². The van der Waals surface area contributed by atoms with E-state index >= 15 is 0 Å². The van der Waals surface area contributed by atoms with Gasteiger partial charge in [-0.05, 0) is 29.5 Å². The Morgan fingerprint density at radius 2 is 1.91 bits per heavy atom. The zero-order valence-electron chi connectivity index (χ0n) is 23.6.